The fourth-order valence-electron chi connectivity index (χ4n) is 6.09. The van der Waals surface area contributed by atoms with Crippen LogP contribution < -0.4 is 0 Å². The quantitative estimate of drug-likeness (QED) is 0.210. The van der Waals surface area contributed by atoms with Gasteiger partial charge in [-0.2, -0.15) is 0 Å². The van der Waals surface area contributed by atoms with E-state index in [1.54, 1.807) is 0 Å². The molecule has 2 heteroatoms. The van der Waals surface area contributed by atoms with Crippen LogP contribution >= 0.6 is 0 Å². The zero-order chi connectivity index (χ0) is 27.9. The molecular weight excluding hydrogens is 508 g/mol. The van der Waals surface area contributed by atoms with Gasteiger partial charge in [-0.15, -0.1) is 0 Å². The summed E-state index contributed by atoms with van der Waals surface area (Å²) in [6, 6.07) is 53.6. The average Bonchev–Trinajstić information content (AvgIpc) is 3.08. The van der Waals surface area contributed by atoms with Crippen molar-refractivity contribution in [2.75, 3.05) is 0 Å². The number of benzene rings is 6. The van der Waals surface area contributed by atoms with E-state index >= 15 is 0 Å². The van der Waals surface area contributed by atoms with Crippen LogP contribution in [-0.4, -0.2) is 9.97 Å². The molecule has 0 aliphatic carbocycles. The molecular formula is C40H26N2. The second kappa shape index (κ2) is 10.1. The maximum absolute atomic E-state index is 5.03. The third-order valence-electron chi connectivity index (χ3n) is 8.13. The first kappa shape index (κ1) is 24.2. The monoisotopic (exact) mass is 534 g/mol. The topological polar surface area (TPSA) is 25.8 Å². The van der Waals surface area contributed by atoms with Gasteiger partial charge < -0.3 is 0 Å². The molecule has 0 unspecified atom stereocenters. The largest absolute Gasteiger partial charge is 0.254 e. The Morgan fingerprint density at radius 1 is 0.357 bits per heavy atom. The predicted molar refractivity (Wildman–Crippen MR) is 176 cm³/mol. The van der Waals surface area contributed by atoms with Crippen molar-refractivity contribution in [3.8, 4) is 44.8 Å². The number of hydrogen-bond donors (Lipinski definition) is 0. The molecule has 0 aliphatic rings. The number of fused-ring (bicyclic) bond motifs is 4. The molecule has 42 heavy (non-hydrogen) atoms. The standard InChI is InChI=1S/C40H26N2/c1-2-11-27(12-3-1)31-22-23-32(34-16-5-4-15-33(31)34)29-14-10-13-28(25-29)30-21-24-39(41-26-30)40-37-19-7-6-17-35(37)36-18-8-9-20-38(36)42-40/h1-26H. The van der Waals surface area contributed by atoms with Gasteiger partial charge in [0.1, 0.15) is 0 Å². The molecule has 0 saturated carbocycles. The van der Waals surface area contributed by atoms with Gasteiger partial charge in [0.2, 0.25) is 0 Å². The Kier molecular flexibility index (Phi) is 5.82. The minimum atomic E-state index is 0.874. The van der Waals surface area contributed by atoms with Crippen molar-refractivity contribution in [2.45, 2.75) is 0 Å². The summed E-state index contributed by atoms with van der Waals surface area (Å²) >= 11 is 0. The van der Waals surface area contributed by atoms with Gasteiger partial charge in [0.05, 0.1) is 16.9 Å². The Hall–Kier alpha value is -5.60. The summed E-state index contributed by atoms with van der Waals surface area (Å²) in [5.41, 5.74) is 9.88. The molecule has 196 valence electrons. The van der Waals surface area contributed by atoms with Gasteiger partial charge in [0.25, 0.3) is 0 Å². The predicted octanol–water partition coefficient (Wildman–Crippen LogP) is 10.6. The highest BCUT2D eigenvalue weighted by molar-refractivity contribution is 6.10. The molecule has 2 nitrogen and oxygen atoms in total. The molecule has 8 rings (SSSR count). The van der Waals surface area contributed by atoms with Crippen molar-refractivity contribution >= 4 is 32.4 Å². The summed E-state index contributed by atoms with van der Waals surface area (Å²) in [4.78, 5) is 9.94. The third-order valence-corrected chi connectivity index (χ3v) is 8.13. The Morgan fingerprint density at radius 3 is 1.69 bits per heavy atom. The summed E-state index contributed by atoms with van der Waals surface area (Å²) in [7, 11) is 0. The normalized spacial score (nSPS) is 11.3. The molecule has 0 amide bonds. The van der Waals surface area contributed by atoms with Crippen molar-refractivity contribution in [3.63, 3.8) is 0 Å². The lowest BCUT2D eigenvalue weighted by molar-refractivity contribution is 1.29. The molecule has 0 atom stereocenters. The number of para-hydroxylation sites is 1. The minimum absolute atomic E-state index is 0.874. The molecule has 0 spiro atoms. The first-order valence-electron chi connectivity index (χ1n) is 14.3. The lowest BCUT2D eigenvalue weighted by atomic mass is 9.91. The molecule has 0 radical (unpaired) electrons. The fourth-order valence-corrected chi connectivity index (χ4v) is 6.09. The molecule has 0 fully saturated rings. The SMILES string of the molecule is c1ccc(-c2ccc(-c3cccc(-c4ccc(-c5nc6ccccc6c6ccccc56)nc4)c3)c3ccccc23)cc1. The van der Waals surface area contributed by atoms with E-state index in [2.05, 4.69) is 146 Å². The smallest absolute Gasteiger partial charge is 0.0972 e. The van der Waals surface area contributed by atoms with Crippen LogP contribution in [0.3, 0.4) is 0 Å². The van der Waals surface area contributed by atoms with Crippen molar-refractivity contribution < 1.29 is 0 Å². The maximum atomic E-state index is 5.03. The van der Waals surface area contributed by atoms with E-state index in [1.165, 1.54) is 38.4 Å². The molecule has 2 aromatic heterocycles. The van der Waals surface area contributed by atoms with Gasteiger partial charge in [-0.05, 0) is 62.2 Å². The van der Waals surface area contributed by atoms with E-state index in [1.807, 2.05) is 12.3 Å². The van der Waals surface area contributed by atoms with Crippen LogP contribution in [0.1, 0.15) is 0 Å². The number of aromatic nitrogens is 2. The van der Waals surface area contributed by atoms with Crippen molar-refractivity contribution in [2.24, 2.45) is 0 Å². The van der Waals surface area contributed by atoms with Crippen molar-refractivity contribution in [3.05, 3.63) is 158 Å². The summed E-state index contributed by atoms with van der Waals surface area (Å²) in [5.74, 6) is 0. The molecule has 8 aromatic rings. The van der Waals surface area contributed by atoms with Crippen molar-refractivity contribution in [1.29, 1.82) is 0 Å². The lowest BCUT2D eigenvalue weighted by Crippen LogP contribution is -1.92. The van der Waals surface area contributed by atoms with Gasteiger partial charge in [0.15, 0.2) is 0 Å². The van der Waals surface area contributed by atoms with E-state index < -0.39 is 0 Å². The van der Waals surface area contributed by atoms with Gasteiger partial charge in [0, 0.05) is 22.5 Å². The minimum Gasteiger partial charge on any atom is -0.254 e. The molecule has 2 heterocycles. The van der Waals surface area contributed by atoms with Gasteiger partial charge >= 0.3 is 0 Å². The van der Waals surface area contributed by atoms with Gasteiger partial charge in [-0.1, -0.05) is 133 Å². The van der Waals surface area contributed by atoms with Crippen LogP contribution in [0.25, 0.3) is 77.2 Å². The lowest BCUT2D eigenvalue weighted by Gasteiger charge is -2.13. The zero-order valence-corrected chi connectivity index (χ0v) is 22.9. The van der Waals surface area contributed by atoms with Crippen molar-refractivity contribution in [1.82, 2.24) is 9.97 Å². The average molecular weight is 535 g/mol. The van der Waals surface area contributed by atoms with Crippen LogP contribution in [-0.2, 0) is 0 Å². The number of rotatable bonds is 4. The number of pyridine rings is 2. The Balaban J connectivity index is 1.19. The van der Waals surface area contributed by atoms with E-state index in [-0.39, 0.29) is 0 Å². The summed E-state index contributed by atoms with van der Waals surface area (Å²) in [6.07, 6.45) is 1.97. The first-order chi connectivity index (χ1) is 20.8. The molecule has 6 aromatic carbocycles. The van der Waals surface area contributed by atoms with E-state index in [4.69, 9.17) is 9.97 Å². The number of nitrogens with zero attached hydrogens (tertiary/aromatic N) is 2. The summed E-state index contributed by atoms with van der Waals surface area (Å²) in [5, 5.41) is 5.98. The molecule has 0 bridgehead atoms. The molecule has 0 N–H and O–H groups in total. The van der Waals surface area contributed by atoms with Crippen LogP contribution in [0.15, 0.2) is 158 Å². The first-order valence-corrected chi connectivity index (χ1v) is 14.3. The zero-order valence-electron chi connectivity index (χ0n) is 22.9. The molecule has 0 saturated heterocycles. The fraction of sp³-hybridized carbons (Fsp3) is 0. The molecule has 0 aliphatic heterocycles. The van der Waals surface area contributed by atoms with Crippen LogP contribution in [0.5, 0.6) is 0 Å². The highest BCUT2D eigenvalue weighted by Gasteiger charge is 2.13. The Labute approximate surface area is 244 Å². The van der Waals surface area contributed by atoms with E-state index in [9.17, 15) is 0 Å². The number of hydrogen-bond acceptors (Lipinski definition) is 2. The van der Waals surface area contributed by atoms with Crippen LogP contribution in [0.2, 0.25) is 0 Å². The highest BCUT2D eigenvalue weighted by Crippen LogP contribution is 2.37. The second-order valence-corrected chi connectivity index (χ2v) is 10.6. The maximum Gasteiger partial charge on any atom is 0.0972 e. The second-order valence-electron chi connectivity index (χ2n) is 10.6. The van der Waals surface area contributed by atoms with E-state index in [0.29, 0.717) is 0 Å². The van der Waals surface area contributed by atoms with E-state index in [0.717, 1.165) is 38.8 Å². The third kappa shape index (κ3) is 4.13. The Morgan fingerprint density at radius 2 is 0.952 bits per heavy atom. The Bertz CT molecular complexity index is 2230. The highest BCUT2D eigenvalue weighted by atomic mass is 14.8. The van der Waals surface area contributed by atoms with Crippen LogP contribution in [0, 0.1) is 0 Å². The summed E-state index contributed by atoms with van der Waals surface area (Å²) in [6.45, 7) is 0. The van der Waals surface area contributed by atoms with Gasteiger partial charge in [-0.25, -0.2) is 4.98 Å². The summed E-state index contributed by atoms with van der Waals surface area (Å²) < 4.78 is 0. The van der Waals surface area contributed by atoms with Crippen LogP contribution in [0.4, 0.5) is 0 Å². The van der Waals surface area contributed by atoms with Gasteiger partial charge in [-0.3, -0.25) is 4.98 Å².